The van der Waals surface area contributed by atoms with E-state index in [4.69, 9.17) is 18.8 Å². The van der Waals surface area contributed by atoms with Crippen molar-refractivity contribution < 1.29 is 42.8 Å². The summed E-state index contributed by atoms with van der Waals surface area (Å²) in [6.45, 7) is 16.0. The average Bonchev–Trinajstić information content (AvgIpc) is 3.46. The van der Waals surface area contributed by atoms with Crippen LogP contribution in [-0.2, 0) is 34.9 Å². The first-order valence-electron chi connectivity index (χ1n) is 16.8. The molecule has 13 nitrogen and oxygen atoms in total. The van der Waals surface area contributed by atoms with E-state index in [-0.39, 0.29) is 48.1 Å². The van der Waals surface area contributed by atoms with Gasteiger partial charge in [0.2, 0.25) is 5.91 Å². The number of hydrogen-bond acceptors (Lipinski definition) is 9. The molecule has 2 bridgehead atoms. The first-order valence-corrected chi connectivity index (χ1v) is 16.8. The molecule has 5 fully saturated rings. The number of likely N-dealkylation sites (N-methyl/N-ethyl adjacent to an activating group) is 1. The number of esters is 1. The predicted octanol–water partition coefficient (Wildman–Crippen LogP) is 2.73. The zero-order valence-corrected chi connectivity index (χ0v) is 29.5. The Morgan fingerprint density at radius 2 is 1.79 bits per heavy atom. The van der Waals surface area contributed by atoms with E-state index in [1.807, 2.05) is 0 Å². The highest BCUT2D eigenvalue weighted by Gasteiger charge is 2.69. The van der Waals surface area contributed by atoms with Crippen LogP contribution in [0.4, 0.5) is 4.79 Å². The average molecular weight is 669 g/mol. The normalized spacial score (nSPS) is 27.4. The third-order valence-electron chi connectivity index (χ3n) is 10.9. The number of rotatable bonds is 9. The van der Waals surface area contributed by atoms with Crippen molar-refractivity contribution in [2.24, 2.45) is 16.7 Å². The number of carbonyl (C=O) groups is 5. The number of methoxy groups -OCH3 is 1. The molecule has 6 rings (SSSR count). The molecule has 5 aliphatic rings. The van der Waals surface area contributed by atoms with Crippen LogP contribution in [0, 0.1) is 16.7 Å². The summed E-state index contributed by atoms with van der Waals surface area (Å²) in [5, 5.41) is 5.56. The Hall–Kier alpha value is -3.65. The van der Waals surface area contributed by atoms with Gasteiger partial charge < -0.3 is 34.3 Å². The van der Waals surface area contributed by atoms with E-state index in [9.17, 15) is 24.0 Å². The Labute approximate surface area is 282 Å². The summed E-state index contributed by atoms with van der Waals surface area (Å²) in [4.78, 5) is 66.9. The fourth-order valence-corrected chi connectivity index (χ4v) is 7.68. The van der Waals surface area contributed by atoms with Crippen LogP contribution in [-0.4, -0.2) is 103 Å². The number of benzene rings is 1. The van der Waals surface area contributed by atoms with E-state index in [2.05, 4.69) is 31.4 Å². The van der Waals surface area contributed by atoms with Crippen molar-refractivity contribution in [3.05, 3.63) is 29.3 Å². The Balaban J connectivity index is 1.37. The number of nitrogens with zero attached hydrogens (tertiary/aromatic N) is 2. The maximum atomic E-state index is 13.7. The molecule has 3 aliphatic carbocycles. The molecule has 1 aromatic rings. The van der Waals surface area contributed by atoms with E-state index in [1.165, 1.54) is 18.9 Å². The van der Waals surface area contributed by atoms with Crippen LogP contribution in [0.15, 0.2) is 18.2 Å². The second-order valence-electron chi connectivity index (χ2n) is 15.2. The summed E-state index contributed by atoms with van der Waals surface area (Å²) in [7, 11) is 0.646. The number of carbonyl (C=O) groups excluding carboxylic acids is 5. The van der Waals surface area contributed by atoms with Crippen LogP contribution in [0.2, 0.25) is 0 Å². The van der Waals surface area contributed by atoms with Crippen molar-refractivity contribution in [2.75, 3.05) is 26.7 Å². The van der Waals surface area contributed by atoms with Crippen LogP contribution < -0.4 is 15.4 Å². The van der Waals surface area contributed by atoms with E-state index >= 15 is 0 Å². The third-order valence-corrected chi connectivity index (χ3v) is 10.9. The second kappa shape index (κ2) is 13.0. The van der Waals surface area contributed by atoms with Gasteiger partial charge in [0.15, 0.2) is 0 Å². The van der Waals surface area contributed by atoms with Crippen molar-refractivity contribution >= 4 is 36.8 Å². The lowest BCUT2D eigenvalue weighted by molar-refractivity contribution is -0.220. The highest BCUT2D eigenvalue weighted by Crippen LogP contribution is 2.69. The molecule has 262 valence electrons. The molecule has 3 saturated carbocycles. The largest absolute Gasteiger partial charge is 0.496 e. The van der Waals surface area contributed by atoms with Gasteiger partial charge in [-0.3, -0.25) is 19.3 Å². The lowest BCUT2D eigenvalue weighted by Crippen LogP contribution is -2.66. The Morgan fingerprint density at radius 1 is 1.08 bits per heavy atom. The molecular formula is C34H49BN4O9. The summed E-state index contributed by atoms with van der Waals surface area (Å²) in [6.07, 6.45) is 1.76. The minimum Gasteiger partial charge on any atom is -0.496 e. The number of para-hydroxylation sites is 1. The van der Waals surface area contributed by atoms with Gasteiger partial charge in [-0.25, -0.2) is 9.59 Å². The first kappa shape index (κ1) is 35.7. The minimum atomic E-state index is -1.07. The van der Waals surface area contributed by atoms with Gasteiger partial charge >= 0.3 is 30.9 Å². The Kier molecular flexibility index (Phi) is 9.66. The number of piperazine rings is 1. The van der Waals surface area contributed by atoms with Gasteiger partial charge in [0.1, 0.15) is 23.0 Å². The molecule has 2 unspecified atom stereocenters. The molecule has 2 aliphatic heterocycles. The summed E-state index contributed by atoms with van der Waals surface area (Å²) < 4.78 is 24.5. The molecule has 6 atom stereocenters. The molecule has 2 N–H and O–H groups in total. The van der Waals surface area contributed by atoms with Gasteiger partial charge in [-0.05, 0) is 76.8 Å². The number of urea groups is 1. The standard InChI is InChI=1S/C34H49BN4O9/c1-10-38-14-15-39(29(42)28(38)41)31(44)36-19(2)27(40)37-24(35-47-23-17-21-18-34(8,26(23)48-35)33(21,6)7)16-20-12-11-13-22(25(20)45-9)30(43)46-32(3,4)5/h11-13,19,21,23-24,26H,10,14-18H2,1-9H3,(H,36,44)(H,37,40)/t19?,21-,23?,24+,26-,34-/m1/s1. The number of ether oxygens (including phenoxy) is 2. The van der Waals surface area contributed by atoms with E-state index in [0.29, 0.717) is 23.8 Å². The van der Waals surface area contributed by atoms with Crippen molar-refractivity contribution in [3.8, 4) is 5.75 Å². The van der Waals surface area contributed by atoms with Crippen LogP contribution in [0.5, 0.6) is 5.75 Å². The van der Waals surface area contributed by atoms with Crippen molar-refractivity contribution in [2.45, 2.75) is 104 Å². The molecule has 1 aromatic carbocycles. The second-order valence-corrected chi connectivity index (χ2v) is 15.2. The molecule has 2 saturated heterocycles. The third kappa shape index (κ3) is 6.40. The van der Waals surface area contributed by atoms with Crippen LogP contribution >= 0.6 is 0 Å². The summed E-state index contributed by atoms with van der Waals surface area (Å²) in [6, 6.07) is 3.25. The molecule has 48 heavy (non-hydrogen) atoms. The molecule has 2 heterocycles. The van der Waals surface area contributed by atoms with Crippen LogP contribution in [0.3, 0.4) is 0 Å². The maximum Gasteiger partial charge on any atom is 0.481 e. The SMILES string of the molecule is CCN1CCN(C(=O)NC(C)C(=O)N[C@@H](Cc2cccc(C(=O)OC(C)(C)C)c2OC)B2OC3C[C@@H]4C[C@](C)([C@@H]3O2)C4(C)C)C(=O)C1=O. The lowest BCUT2D eigenvalue weighted by atomic mass is 9.39. The number of imide groups is 1. The first-order chi connectivity index (χ1) is 22.4. The highest BCUT2D eigenvalue weighted by atomic mass is 16.7. The maximum absolute atomic E-state index is 13.7. The number of nitrogens with one attached hydrogen (secondary N) is 2. The summed E-state index contributed by atoms with van der Waals surface area (Å²) in [5.41, 5.74) is 0.138. The van der Waals surface area contributed by atoms with Crippen molar-refractivity contribution in [1.29, 1.82) is 0 Å². The molecule has 14 heteroatoms. The molecule has 0 aromatic heterocycles. The van der Waals surface area contributed by atoms with Gasteiger partial charge in [0.25, 0.3) is 0 Å². The molecule has 5 amide bonds. The van der Waals surface area contributed by atoms with Crippen molar-refractivity contribution in [1.82, 2.24) is 20.4 Å². The summed E-state index contributed by atoms with van der Waals surface area (Å²) >= 11 is 0. The Morgan fingerprint density at radius 3 is 2.42 bits per heavy atom. The van der Waals surface area contributed by atoms with Gasteiger partial charge in [-0.2, -0.15) is 0 Å². The number of hydrogen-bond donors (Lipinski definition) is 2. The summed E-state index contributed by atoms with van der Waals surface area (Å²) in [5.74, 6) is -2.70. The highest BCUT2D eigenvalue weighted by molar-refractivity contribution is 6.47. The molecular weight excluding hydrogens is 619 g/mol. The van der Waals surface area contributed by atoms with Gasteiger partial charge in [-0.1, -0.05) is 32.9 Å². The van der Waals surface area contributed by atoms with E-state index in [1.54, 1.807) is 45.9 Å². The molecule has 0 radical (unpaired) electrons. The zero-order chi connectivity index (χ0) is 35.3. The predicted molar refractivity (Wildman–Crippen MR) is 176 cm³/mol. The number of amides is 5. The van der Waals surface area contributed by atoms with Gasteiger partial charge in [0, 0.05) is 25.0 Å². The van der Waals surface area contributed by atoms with E-state index in [0.717, 1.165) is 17.7 Å². The quantitative estimate of drug-likeness (QED) is 0.230. The van der Waals surface area contributed by atoms with E-state index < -0.39 is 54.4 Å². The monoisotopic (exact) mass is 668 g/mol. The minimum absolute atomic E-state index is 0.0254. The van der Waals surface area contributed by atoms with Gasteiger partial charge in [0.05, 0.1) is 25.3 Å². The lowest BCUT2D eigenvalue weighted by Gasteiger charge is -2.67. The fraction of sp³-hybridized carbons (Fsp3) is 0.676. The fourth-order valence-electron chi connectivity index (χ4n) is 7.68. The Bertz CT molecular complexity index is 1480. The topological polar surface area (TPSA) is 153 Å². The van der Waals surface area contributed by atoms with Crippen LogP contribution in [0.1, 0.15) is 84.2 Å². The smallest absolute Gasteiger partial charge is 0.481 e. The van der Waals surface area contributed by atoms with Crippen molar-refractivity contribution in [3.63, 3.8) is 0 Å². The zero-order valence-electron chi connectivity index (χ0n) is 29.5. The van der Waals surface area contributed by atoms with Crippen LogP contribution in [0.25, 0.3) is 0 Å². The van der Waals surface area contributed by atoms with Gasteiger partial charge in [-0.15, -0.1) is 0 Å². The molecule has 0 spiro atoms.